The Morgan fingerprint density at radius 2 is 1.73 bits per heavy atom. The molecule has 1 aliphatic rings. The number of aliphatic carboxylic acids is 1. The highest BCUT2D eigenvalue weighted by atomic mass is 32.3. The summed E-state index contributed by atoms with van der Waals surface area (Å²) < 4.78 is -0.365. The predicted octanol–water partition coefficient (Wildman–Crippen LogP) is 0.881. The zero-order valence-corrected chi connectivity index (χ0v) is 8.91. The lowest BCUT2D eigenvalue weighted by molar-refractivity contribution is -0.302. The lowest BCUT2D eigenvalue weighted by Gasteiger charge is -2.18. The fraction of sp³-hybridized carbons (Fsp3) is 0.800. The number of carboxylic acid groups (broad SMARTS) is 1. The Morgan fingerprint density at radius 3 is 2.18 bits per heavy atom. The van der Waals surface area contributed by atoms with Crippen LogP contribution in [0.5, 0.6) is 0 Å². The molecular formula is C5H7O2S4-. The van der Waals surface area contributed by atoms with Gasteiger partial charge in [-0.1, -0.05) is 0 Å². The number of hydrogen-bond acceptors (Lipinski definition) is 6. The smallest absolute Gasteiger partial charge is 0.0912 e. The van der Waals surface area contributed by atoms with E-state index in [0.29, 0.717) is 0 Å². The van der Waals surface area contributed by atoms with Crippen molar-refractivity contribution in [1.82, 2.24) is 0 Å². The van der Waals surface area contributed by atoms with Gasteiger partial charge in [-0.15, -0.1) is 47.0 Å². The number of hydrogen-bond donors (Lipinski definition) is 0. The van der Waals surface area contributed by atoms with E-state index in [1.807, 2.05) is 0 Å². The average molecular weight is 227 g/mol. The zero-order valence-electron chi connectivity index (χ0n) is 5.65. The van der Waals surface area contributed by atoms with E-state index in [0.717, 1.165) is 15.3 Å². The first-order valence-corrected chi connectivity index (χ1v) is 7.31. The molecule has 2 nitrogen and oxygen atoms in total. The van der Waals surface area contributed by atoms with Crippen LogP contribution in [-0.2, 0) is 4.79 Å². The maximum atomic E-state index is 10.4. The van der Waals surface area contributed by atoms with Crippen LogP contribution in [0.1, 0.15) is 0 Å². The van der Waals surface area contributed by atoms with Crippen molar-refractivity contribution in [1.29, 1.82) is 0 Å². The van der Waals surface area contributed by atoms with E-state index in [1.54, 1.807) is 23.5 Å². The van der Waals surface area contributed by atoms with Crippen LogP contribution in [-0.4, -0.2) is 25.8 Å². The predicted molar refractivity (Wildman–Crippen MR) is 53.8 cm³/mol. The highest BCUT2D eigenvalue weighted by Gasteiger charge is 2.12. The Labute approximate surface area is 82.6 Å². The summed E-state index contributed by atoms with van der Waals surface area (Å²) in [7, 11) is 0. The summed E-state index contributed by atoms with van der Waals surface area (Å²) in [5.74, 6) is -0.942. The summed E-state index contributed by atoms with van der Waals surface area (Å²) >= 11 is 6.46. The van der Waals surface area contributed by atoms with Crippen molar-refractivity contribution >= 4 is 53.0 Å². The highest BCUT2D eigenvalue weighted by molar-refractivity contribution is 8.32. The maximum Gasteiger partial charge on any atom is 0.0912 e. The first kappa shape index (κ1) is 9.95. The van der Waals surface area contributed by atoms with Crippen molar-refractivity contribution in [2.45, 2.75) is 4.58 Å². The van der Waals surface area contributed by atoms with Gasteiger partial charge < -0.3 is 9.90 Å². The number of rotatable bonds is 1. The van der Waals surface area contributed by atoms with E-state index in [9.17, 15) is 9.90 Å². The molecule has 0 aromatic heterocycles. The Morgan fingerprint density at radius 1 is 1.18 bits per heavy atom. The molecule has 0 atom stereocenters. The number of carbonyl (C=O) groups is 1. The lowest BCUT2D eigenvalue weighted by atomic mass is 10.8. The molecule has 6 heteroatoms. The monoisotopic (exact) mass is 227 g/mol. The number of carboxylic acids is 1. The first-order valence-electron chi connectivity index (χ1n) is 2.90. The van der Waals surface area contributed by atoms with E-state index in [2.05, 4.69) is 0 Å². The van der Waals surface area contributed by atoms with Crippen LogP contribution in [0.3, 0.4) is 0 Å². The van der Waals surface area contributed by atoms with Gasteiger partial charge in [0.15, 0.2) is 0 Å². The Hall–Kier alpha value is 0.870. The second-order valence-corrected chi connectivity index (χ2v) is 7.30. The van der Waals surface area contributed by atoms with E-state index >= 15 is 0 Å². The molecule has 0 amide bonds. The third-order valence-corrected chi connectivity index (χ3v) is 6.53. The Bertz CT molecular complexity index is 132. The summed E-state index contributed by atoms with van der Waals surface area (Å²) in [6, 6.07) is 0. The average Bonchev–Trinajstić information content (AvgIpc) is 1.84. The SMILES string of the molecule is O=C([O-])C1SCSCSCS1. The molecular weight excluding hydrogens is 220 g/mol. The standard InChI is InChI=1S/C5H8O2S4/c6-4(7)5-10-2-8-1-9-3-11-5/h5H,1-3H2,(H,6,7)/p-1. The highest BCUT2D eigenvalue weighted by Crippen LogP contribution is 2.33. The molecule has 1 saturated heterocycles. The van der Waals surface area contributed by atoms with Gasteiger partial charge in [-0.2, -0.15) is 0 Å². The molecule has 1 fully saturated rings. The molecule has 0 aromatic carbocycles. The van der Waals surface area contributed by atoms with Crippen LogP contribution < -0.4 is 5.11 Å². The van der Waals surface area contributed by atoms with Crippen LogP contribution in [0.4, 0.5) is 0 Å². The Balaban J connectivity index is 2.32. The zero-order chi connectivity index (χ0) is 8.10. The largest absolute Gasteiger partial charge is 0.548 e. The molecule has 0 aliphatic carbocycles. The van der Waals surface area contributed by atoms with Crippen molar-refractivity contribution in [2.24, 2.45) is 0 Å². The van der Waals surface area contributed by atoms with Gasteiger partial charge in [-0.3, -0.25) is 0 Å². The number of thioether (sulfide) groups is 4. The van der Waals surface area contributed by atoms with Gasteiger partial charge in [0.1, 0.15) is 0 Å². The normalized spacial score (nSPS) is 22.2. The topological polar surface area (TPSA) is 40.1 Å². The van der Waals surface area contributed by atoms with E-state index in [1.165, 1.54) is 23.5 Å². The molecule has 0 spiro atoms. The molecule has 1 rings (SSSR count). The molecule has 1 heterocycles. The van der Waals surface area contributed by atoms with Crippen LogP contribution in [0.25, 0.3) is 0 Å². The number of carbonyl (C=O) groups excluding carboxylic acids is 1. The maximum absolute atomic E-state index is 10.4. The summed E-state index contributed by atoms with van der Waals surface area (Å²) in [6.07, 6.45) is 0. The van der Waals surface area contributed by atoms with E-state index < -0.39 is 5.97 Å². The minimum Gasteiger partial charge on any atom is -0.548 e. The lowest BCUT2D eigenvalue weighted by Crippen LogP contribution is -2.31. The molecule has 1 aliphatic heterocycles. The summed E-state index contributed by atoms with van der Waals surface area (Å²) in [4.78, 5) is 10.4. The summed E-state index contributed by atoms with van der Waals surface area (Å²) in [6.45, 7) is 0. The van der Waals surface area contributed by atoms with Gasteiger partial charge in [0, 0.05) is 15.3 Å². The van der Waals surface area contributed by atoms with Crippen LogP contribution >= 0.6 is 47.0 Å². The first-order chi connectivity index (χ1) is 5.30. The summed E-state index contributed by atoms with van der Waals surface area (Å²) in [5, 5.41) is 13.2. The van der Waals surface area contributed by atoms with E-state index in [4.69, 9.17) is 0 Å². The van der Waals surface area contributed by atoms with Crippen molar-refractivity contribution in [3.05, 3.63) is 0 Å². The van der Waals surface area contributed by atoms with Gasteiger partial charge >= 0.3 is 0 Å². The van der Waals surface area contributed by atoms with Crippen LogP contribution in [0.15, 0.2) is 0 Å². The molecule has 64 valence electrons. The van der Waals surface area contributed by atoms with Gasteiger partial charge in [-0.05, 0) is 0 Å². The second kappa shape index (κ2) is 5.50. The molecule has 0 bridgehead atoms. The van der Waals surface area contributed by atoms with Crippen molar-refractivity contribution in [3.8, 4) is 0 Å². The molecule has 0 unspecified atom stereocenters. The minimum atomic E-state index is -0.942. The molecule has 0 saturated carbocycles. The third-order valence-electron chi connectivity index (χ3n) is 0.965. The van der Waals surface area contributed by atoms with E-state index in [-0.39, 0.29) is 4.58 Å². The van der Waals surface area contributed by atoms with Crippen LogP contribution in [0.2, 0.25) is 0 Å². The van der Waals surface area contributed by atoms with Crippen molar-refractivity contribution in [3.63, 3.8) is 0 Å². The molecule has 0 radical (unpaired) electrons. The third kappa shape index (κ3) is 3.87. The van der Waals surface area contributed by atoms with Crippen molar-refractivity contribution < 1.29 is 9.90 Å². The van der Waals surface area contributed by atoms with Gasteiger partial charge in [0.2, 0.25) is 0 Å². The quantitative estimate of drug-likeness (QED) is 0.662. The Kier molecular flexibility index (Phi) is 4.98. The minimum absolute atomic E-state index is 0.365. The fourth-order valence-corrected chi connectivity index (χ4v) is 6.19. The summed E-state index contributed by atoms with van der Waals surface area (Å²) in [5.41, 5.74) is 0. The molecule has 0 aromatic rings. The fourth-order valence-electron chi connectivity index (χ4n) is 0.531. The second-order valence-electron chi connectivity index (χ2n) is 1.75. The van der Waals surface area contributed by atoms with Gasteiger partial charge in [-0.25, -0.2) is 0 Å². The van der Waals surface area contributed by atoms with Crippen LogP contribution in [0, 0.1) is 0 Å². The van der Waals surface area contributed by atoms with Crippen molar-refractivity contribution in [2.75, 3.05) is 15.3 Å². The molecule has 0 N–H and O–H groups in total. The van der Waals surface area contributed by atoms with Gasteiger partial charge in [0.05, 0.1) is 10.6 Å². The molecule has 11 heavy (non-hydrogen) atoms. The van der Waals surface area contributed by atoms with Gasteiger partial charge in [0.25, 0.3) is 0 Å².